The summed E-state index contributed by atoms with van der Waals surface area (Å²) >= 11 is 0. The van der Waals surface area contributed by atoms with Crippen molar-refractivity contribution in [2.24, 2.45) is 7.05 Å². The van der Waals surface area contributed by atoms with Crippen LogP contribution in [-0.4, -0.2) is 35.2 Å². The number of nitrogens with one attached hydrogen (secondary N) is 1. The van der Waals surface area contributed by atoms with Gasteiger partial charge < -0.3 is 19.6 Å². The predicted molar refractivity (Wildman–Crippen MR) is 82.9 cm³/mol. The molecule has 0 unspecified atom stereocenters. The highest BCUT2D eigenvalue weighted by atomic mass is 16.1. The average molecular weight is 283 g/mol. The second kappa shape index (κ2) is 5.19. The smallest absolute Gasteiger partial charge is 0.270 e. The van der Waals surface area contributed by atoms with Crippen molar-refractivity contribution in [1.29, 1.82) is 0 Å². The molecule has 3 heterocycles. The summed E-state index contributed by atoms with van der Waals surface area (Å²) in [4.78, 5) is 22.2. The van der Waals surface area contributed by atoms with Crippen LogP contribution in [0.25, 0.3) is 15.9 Å². The van der Waals surface area contributed by atoms with Crippen LogP contribution in [0.1, 0.15) is 6.92 Å². The van der Waals surface area contributed by atoms with Gasteiger partial charge in [0.05, 0.1) is 11.2 Å². The fourth-order valence-corrected chi connectivity index (χ4v) is 2.78. The minimum Gasteiger partial charge on any atom is -0.363 e. The fraction of sp³-hybridized carbons (Fsp3) is 0.400. The summed E-state index contributed by atoms with van der Waals surface area (Å²) in [5.41, 5.74) is 2.25. The quantitative estimate of drug-likeness (QED) is 0.801. The molecule has 1 fully saturated rings. The van der Waals surface area contributed by atoms with Gasteiger partial charge in [0, 0.05) is 38.8 Å². The van der Waals surface area contributed by atoms with E-state index in [4.69, 9.17) is 6.57 Å². The number of pyridine rings is 2. The van der Waals surface area contributed by atoms with Crippen molar-refractivity contribution in [3.63, 3.8) is 0 Å². The van der Waals surface area contributed by atoms with Crippen LogP contribution < -0.4 is 15.8 Å². The van der Waals surface area contributed by atoms with E-state index in [-0.39, 0.29) is 11.6 Å². The molecule has 0 radical (unpaired) electrons. The largest absolute Gasteiger partial charge is 0.363 e. The molecule has 2 aromatic heterocycles. The van der Waals surface area contributed by atoms with E-state index in [2.05, 4.69) is 27.0 Å². The number of piperazine rings is 1. The number of nitrogens with zero attached hydrogens (tertiary/aromatic N) is 4. The highest BCUT2D eigenvalue weighted by molar-refractivity contribution is 5.89. The highest BCUT2D eigenvalue weighted by Crippen LogP contribution is 2.27. The Hall–Kier alpha value is -2.39. The summed E-state index contributed by atoms with van der Waals surface area (Å²) in [6.45, 7) is 11.8. The van der Waals surface area contributed by atoms with Gasteiger partial charge in [-0.25, -0.2) is 0 Å². The van der Waals surface area contributed by atoms with Crippen LogP contribution in [0.3, 0.4) is 0 Å². The van der Waals surface area contributed by atoms with Crippen LogP contribution in [0.15, 0.2) is 23.0 Å². The number of hydrogen-bond donors (Lipinski definition) is 1. The van der Waals surface area contributed by atoms with Crippen molar-refractivity contribution in [2.45, 2.75) is 13.0 Å². The van der Waals surface area contributed by atoms with Gasteiger partial charge in [0.25, 0.3) is 11.4 Å². The van der Waals surface area contributed by atoms with Crippen LogP contribution in [0.2, 0.25) is 0 Å². The van der Waals surface area contributed by atoms with Crippen molar-refractivity contribution in [2.75, 3.05) is 24.5 Å². The molecular formula is C15H17N5O. The molecule has 0 aromatic carbocycles. The third-order valence-electron chi connectivity index (χ3n) is 3.98. The molecule has 0 amide bonds. The van der Waals surface area contributed by atoms with Gasteiger partial charge >= 0.3 is 0 Å². The van der Waals surface area contributed by atoms with E-state index in [1.54, 1.807) is 29.8 Å². The lowest BCUT2D eigenvalue weighted by atomic mass is 10.1. The molecule has 6 heteroatoms. The first-order valence-corrected chi connectivity index (χ1v) is 6.97. The van der Waals surface area contributed by atoms with Crippen LogP contribution >= 0.6 is 0 Å². The zero-order chi connectivity index (χ0) is 15.0. The predicted octanol–water partition coefficient (Wildman–Crippen LogP) is 1.28. The van der Waals surface area contributed by atoms with Crippen molar-refractivity contribution in [3.8, 4) is 0 Å². The lowest BCUT2D eigenvalue weighted by Gasteiger charge is -2.35. The molecule has 1 aliphatic heterocycles. The van der Waals surface area contributed by atoms with E-state index in [9.17, 15) is 4.79 Å². The van der Waals surface area contributed by atoms with Gasteiger partial charge in [-0.2, -0.15) is 0 Å². The summed E-state index contributed by atoms with van der Waals surface area (Å²) in [6, 6.07) is 5.37. The molecule has 1 saturated heterocycles. The summed E-state index contributed by atoms with van der Waals surface area (Å²) in [6.07, 6.45) is 0. The normalized spacial score (nSPS) is 18.7. The molecule has 3 rings (SSSR count). The SMILES string of the molecule is [C-]#[N+]c1ccc2c(n1)c(N1CCNC[C@H]1C)cc(=O)n2C. The lowest BCUT2D eigenvalue weighted by molar-refractivity contribution is 0.501. The molecular weight excluding hydrogens is 266 g/mol. The summed E-state index contributed by atoms with van der Waals surface area (Å²) in [7, 11) is 1.73. The molecule has 0 saturated carbocycles. The first kappa shape index (κ1) is 13.6. The molecule has 21 heavy (non-hydrogen) atoms. The summed E-state index contributed by atoms with van der Waals surface area (Å²) in [5.74, 6) is 0.352. The number of fused-ring (bicyclic) bond motifs is 1. The monoisotopic (exact) mass is 283 g/mol. The highest BCUT2D eigenvalue weighted by Gasteiger charge is 2.23. The van der Waals surface area contributed by atoms with E-state index < -0.39 is 0 Å². The molecule has 0 bridgehead atoms. The van der Waals surface area contributed by atoms with Gasteiger partial charge in [-0.1, -0.05) is 6.57 Å². The maximum Gasteiger partial charge on any atom is 0.270 e. The first-order valence-electron chi connectivity index (χ1n) is 6.97. The van der Waals surface area contributed by atoms with Crippen molar-refractivity contribution in [1.82, 2.24) is 14.9 Å². The molecule has 1 N–H and O–H groups in total. The van der Waals surface area contributed by atoms with E-state index in [1.165, 1.54) is 0 Å². The van der Waals surface area contributed by atoms with Crippen molar-refractivity contribution >= 4 is 22.5 Å². The fourth-order valence-electron chi connectivity index (χ4n) is 2.78. The van der Waals surface area contributed by atoms with Crippen molar-refractivity contribution < 1.29 is 0 Å². The number of anilines is 1. The van der Waals surface area contributed by atoms with Gasteiger partial charge in [0.15, 0.2) is 0 Å². The average Bonchev–Trinajstić information content (AvgIpc) is 2.51. The van der Waals surface area contributed by atoms with Gasteiger partial charge in [0.1, 0.15) is 0 Å². The van der Waals surface area contributed by atoms with E-state index >= 15 is 0 Å². The minimum absolute atomic E-state index is 0.0550. The van der Waals surface area contributed by atoms with Crippen LogP contribution in [0, 0.1) is 6.57 Å². The Balaban J connectivity index is 2.28. The Morgan fingerprint density at radius 1 is 1.48 bits per heavy atom. The van der Waals surface area contributed by atoms with E-state index in [0.717, 1.165) is 36.4 Å². The molecule has 2 aromatic rings. The van der Waals surface area contributed by atoms with Crippen molar-refractivity contribution in [3.05, 3.63) is 40.0 Å². The molecule has 108 valence electrons. The van der Waals surface area contributed by atoms with Crippen LogP contribution in [0.5, 0.6) is 0 Å². The lowest BCUT2D eigenvalue weighted by Crippen LogP contribution is -2.50. The molecule has 6 nitrogen and oxygen atoms in total. The van der Waals surface area contributed by atoms with E-state index in [0.29, 0.717) is 5.82 Å². The Labute approximate surface area is 122 Å². The second-order valence-electron chi connectivity index (χ2n) is 5.32. The zero-order valence-corrected chi connectivity index (χ0v) is 12.1. The standard InChI is InChI=1S/C15H17N5O/c1-10-9-17-6-7-20(10)12-8-14(21)19(3)11-4-5-13(16-2)18-15(11)12/h4-5,8,10,17H,6-7,9H2,1,3H3/t10-/m1/s1. The number of aryl methyl sites for hydroxylation is 1. The molecule has 1 atom stereocenters. The van der Waals surface area contributed by atoms with Crippen LogP contribution in [-0.2, 0) is 7.05 Å². The first-order chi connectivity index (χ1) is 10.1. The molecule has 0 aliphatic carbocycles. The summed E-state index contributed by atoms with van der Waals surface area (Å²) in [5, 5.41) is 3.34. The zero-order valence-electron chi connectivity index (χ0n) is 12.1. The second-order valence-corrected chi connectivity index (χ2v) is 5.32. The molecule has 1 aliphatic rings. The minimum atomic E-state index is -0.0550. The third kappa shape index (κ3) is 2.26. The molecule has 0 spiro atoms. The third-order valence-corrected chi connectivity index (χ3v) is 3.98. The summed E-state index contributed by atoms with van der Waals surface area (Å²) < 4.78 is 1.58. The Bertz CT molecular complexity index is 789. The topological polar surface area (TPSA) is 54.5 Å². The van der Waals surface area contributed by atoms with E-state index in [1.807, 2.05) is 0 Å². The number of aromatic nitrogens is 2. The van der Waals surface area contributed by atoms with Crippen LogP contribution in [0.4, 0.5) is 11.5 Å². The maximum absolute atomic E-state index is 12.2. The Morgan fingerprint density at radius 3 is 3.00 bits per heavy atom. The Morgan fingerprint density at radius 2 is 2.29 bits per heavy atom. The van der Waals surface area contributed by atoms with Gasteiger partial charge in [0.2, 0.25) is 5.52 Å². The van der Waals surface area contributed by atoms with Gasteiger partial charge in [-0.15, -0.1) is 4.98 Å². The maximum atomic E-state index is 12.2. The van der Waals surface area contributed by atoms with Gasteiger partial charge in [-0.05, 0) is 19.1 Å². The van der Waals surface area contributed by atoms with Gasteiger partial charge in [-0.3, -0.25) is 4.79 Å². The number of hydrogen-bond acceptors (Lipinski definition) is 4. The Kier molecular flexibility index (Phi) is 3.35. The number of rotatable bonds is 1.